The van der Waals surface area contributed by atoms with Gasteiger partial charge in [-0.15, -0.1) is 0 Å². The second-order valence-corrected chi connectivity index (χ2v) is 4.73. The van der Waals surface area contributed by atoms with E-state index in [1.54, 1.807) is 25.4 Å². The van der Waals surface area contributed by atoms with Gasteiger partial charge >= 0.3 is 0 Å². The molecule has 1 amide bonds. The normalized spacial score (nSPS) is 23.4. The molecule has 1 aromatic rings. The average molecular weight is 249 g/mol. The minimum absolute atomic E-state index is 0.0338. The minimum Gasteiger partial charge on any atom is -0.480 e. The van der Waals surface area contributed by atoms with Crippen molar-refractivity contribution in [1.82, 2.24) is 10.3 Å². The molecule has 1 saturated heterocycles. The Hall–Kier alpha value is -1.62. The number of carbonyl (C=O) groups is 1. The van der Waals surface area contributed by atoms with Crippen LogP contribution in [-0.2, 0) is 4.79 Å². The van der Waals surface area contributed by atoms with Crippen LogP contribution in [0.4, 0.5) is 5.69 Å². The van der Waals surface area contributed by atoms with Gasteiger partial charge in [-0.05, 0) is 44.9 Å². The van der Waals surface area contributed by atoms with Gasteiger partial charge in [0.2, 0.25) is 11.8 Å². The van der Waals surface area contributed by atoms with E-state index in [2.05, 4.69) is 15.6 Å². The molecule has 0 spiro atoms. The van der Waals surface area contributed by atoms with Gasteiger partial charge in [0, 0.05) is 6.20 Å². The Morgan fingerprint density at radius 2 is 2.39 bits per heavy atom. The van der Waals surface area contributed by atoms with Gasteiger partial charge in [-0.2, -0.15) is 0 Å². The lowest BCUT2D eigenvalue weighted by Crippen LogP contribution is -2.54. The molecule has 98 valence electrons. The standard InChI is InChI=1S/C13H19N3O2/c1-13(7-3-4-9-15-13)12(17)16-10-6-5-8-14-11(10)18-2/h5-6,8,15H,3-4,7,9H2,1-2H3,(H,16,17). The summed E-state index contributed by atoms with van der Waals surface area (Å²) < 4.78 is 5.12. The van der Waals surface area contributed by atoms with Crippen molar-refractivity contribution in [3.05, 3.63) is 18.3 Å². The fourth-order valence-corrected chi connectivity index (χ4v) is 2.16. The van der Waals surface area contributed by atoms with E-state index in [1.807, 2.05) is 6.92 Å². The number of methoxy groups -OCH3 is 1. The molecule has 0 aromatic carbocycles. The van der Waals surface area contributed by atoms with Crippen molar-refractivity contribution in [3.8, 4) is 5.88 Å². The van der Waals surface area contributed by atoms with Crippen LogP contribution in [0.3, 0.4) is 0 Å². The summed E-state index contributed by atoms with van der Waals surface area (Å²) in [6, 6.07) is 3.56. The van der Waals surface area contributed by atoms with Gasteiger partial charge in [-0.1, -0.05) is 0 Å². The van der Waals surface area contributed by atoms with Crippen LogP contribution in [-0.4, -0.2) is 30.1 Å². The topological polar surface area (TPSA) is 63.2 Å². The first kappa shape index (κ1) is 12.8. The van der Waals surface area contributed by atoms with Crippen molar-refractivity contribution in [2.24, 2.45) is 0 Å². The van der Waals surface area contributed by atoms with Crippen LogP contribution in [0.5, 0.6) is 5.88 Å². The number of rotatable bonds is 3. The number of aromatic nitrogens is 1. The SMILES string of the molecule is COc1ncccc1NC(=O)C1(C)CCCCN1. The van der Waals surface area contributed by atoms with Gasteiger partial charge in [0.15, 0.2) is 0 Å². The number of anilines is 1. The number of hydrogen-bond donors (Lipinski definition) is 2. The van der Waals surface area contributed by atoms with Gasteiger partial charge < -0.3 is 15.4 Å². The molecule has 2 heterocycles. The third-order valence-electron chi connectivity index (χ3n) is 3.33. The highest BCUT2D eigenvalue weighted by atomic mass is 16.5. The molecular weight excluding hydrogens is 230 g/mol. The van der Waals surface area contributed by atoms with E-state index in [9.17, 15) is 4.79 Å². The molecule has 0 radical (unpaired) electrons. The molecule has 1 fully saturated rings. The fraction of sp³-hybridized carbons (Fsp3) is 0.538. The molecule has 1 aliphatic heterocycles. The molecule has 1 atom stereocenters. The van der Waals surface area contributed by atoms with Gasteiger partial charge in [0.25, 0.3) is 0 Å². The van der Waals surface area contributed by atoms with E-state index < -0.39 is 5.54 Å². The lowest BCUT2D eigenvalue weighted by molar-refractivity contribution is -0.122. The van der Waals surface area contributed by atoms with E-state index in [0.29, 0.717) is 11.6 Å². The molecule has 0 bridgehead atoms. The quantitative estimate of drug-likeness (QED) is 0.853. The first-order chi connectivity index (χ1) is 8.65. The van der Waals surface area contributed by atoms with E-state index in [1.165, 1.54) is 0 Å². The highest BCUT2D eigenvalue weighted by Crippen LogP contribution is 2.24. The van der Waals surface area contributed by atoms with Crippen LogP contribution in [0.1, 0.15) is 26.2 Å². The highest BCUT2D eigenvalue weighted by Gasteiger charge is 2.34. The molecule has 5 heteroatoms. The summed E-state index contributed by atoms with van der Waals surface area (Å²) in [6.45, 7) is 2.82. The number of pyridine rings is 1. The lowest BCUT2D eigenvalue weighted by atomic mass is 9.90. The Labute approximate surface area is 107 Å². The summed E-state index contributed by atoms with van der Waals surface area (Å²) in [4.78, 5) is 16.4. The van der Waals surface area contributed by atoms with Crippen molar-refractivity contribution < 1.29 is 9.53 Å². The van der Waals surface area contributed by atoms with Gasteiger partial charge in [0.1, 0.15) is 5.69 Å². The minimum atomic E-state index is -0.501. The van der Waals surface area contributed by atoms with Gasteiger partial charge in [0.05, 0.1) is 12.6 Å². The third-order valence-corrected chi connectivity index (χ3v) is 3.33. The maximum Gasteiger partial charge on any atom is 0.244 e. The molecule has 1 aliphatic rings. The number of carbonyl (C=O) groups excluding carboxylic acids is 1. The second kappa shape index (κ2) is 5.35. The third kappa shape index (κ3) is 2.61. The smallest absolute Gasteiger partial charge is 0.244 e. The first-order valence-electron chi connectivity index (χ1n) is 6.21. The van der Waals surface area contributed by atoms with Crippen LogP contribution in [0.15, 0.2) is 18.3 Å². The zero-order valence-electron chi connectivity index (χ0n) is 10.8. The summed E-state index contributed by atoms with van der Waals surface area (Å²) >= 11 is 0. The summed E-state index contributed by atoms with van der Waals surface area (Å²) in [5.41, 5.74) is 0.109. The number of ether oxygens (including phenoxy) is 1. The zero-order valence-corrected chi connectivity index (χ0v) is 10.8. The Bertz CT molecular complexity index is 428. The second-order valence-electron chi connectivity index (χ2n) is 4.73. The zero-order chi connectivity index (χ0) is 13.0. The molecule has 1 aromatic heterocycles. The van der Waals surface area contributed by atoms with Gasteiger partial charge in [-0.25, -0.2) is 4.98 Å². The first-order valence-corrected chi connectivity index (χ1v) is 6.21. The maximum absolute atomic E-state index is 12.3. The van der Waals surface area contributed by atoms with Crippen molar-refractivity contribution in [3.63, 3.8) is 0 Å². The van der Waals surface area contributed by atoms with E-state index in [-0.39, 0.29) is 5.91 Å². The lowest BCUT2D eigenvalue weighted by Gasteiger charge is -2.33. The maximum atomic E-state index is 12.3. The predicted molar refractivity (Wildman–Crippen MR) is 69.7 cm³/mol. The van der Waals surface area contributed by atoms with Crippen LogP contribution < -0.4 is 15.4 Å². The summed E-state index contributed by atoms with van der Waals surface area (Å²) in [5, 5.41) is 6.16. The van der Waals surface area contributed by atoms with Crippen molar-refractivity contribution in [2.75, 3.05) is 19.0 Å². The van der Waals surface area contributed by atoms with E-state index in [4.69, 9.17) is 4.74 Å². The van der Waals surface area contributed by atoms with Crippen LogP contribution in [0, 0.1) is 0 Å². The Morgan fingerprint density at radius 3 is 3.06 bits per heavy atom. The summed E-state index contributed by atoms with van der Waals surface area (Å²) in [7, 11) is 1.54. The number of amides is 1. The Kier molecular flexibility index (Phi) is 3.81. The molecule has 18 heavy (non-hydrogen) atoms. The summed E-state index contributed by atoms with van der Waals surface area (Å²) in [5.74, 6) is 0.402. The van der Waals surface area contributed by atoms with Gasteiger partial charge in [-0.3, -0.25) is 4.79 Å². The van der Waals surface area contributed by atoms with Crippen LogP contribution in [0.2, 0.25) is 0 Å². The molecule has 0 aliphatic carbocycles. The summed E-state index contributed by atoms with van der Waals surface area (Å²) in [6.07, 6.45) is 4.68. The molecule has 1 unspecified atom stereocenters. The van der Waals surface area contributed by atoms with Crippen LogP contribution >= 0.6 is 0 Å². The Morgan fingerprint density at radius 1 is 1.56 bits per heavy atom. The Balaban J connectivity index is 2.10. The van der Waals surface area contributed by atoms with Crippen LogP contribution in [0.25, 0.3) is 0 Å². The number of piperidine rings is 1. The number of nitrogens with zero attached hydrogens (tertiary/aromatic N) is 1. The van der Waals surface area contributed by atoms with E-state index >= 15 is 0 Å². The molecule has 0 saturated carbocycles. The molecule has 2 rings (SSSR count). The highest BCUT2D eigenvalue weighted by molar-refractivity contribution is 5.98. The monoisotopic (exact) mass is 249 g/mol. The fourth-order valence-electron chi connectivity index (χ4n) is 2.16. The number of nitrogens with one attached hydrogen (secondary N) is 2. The average Bonchev–Trinajstić information content (AvgIpc) is 2.40. The molecule has 5 nitrogen and oxygen atoms in total. The molecular formula is C13H19N3O2. The van der Waals surface area contributed by atoms with Crippen molar-refractivity contribution >= 4 is 11.6 Å². The van der Waals surface area contributed by atoms with E-state index in [0.717, 1.165) is 25.8 Å². The van der Waals surface area contributed by atoms with Crippen molar-refractivity contribution in [2.45, 2.75) is 31.7 Å². The predicted octanol–water partition coefficient (Wildman–Crippen LogP) is 1.56. The number of hydrogen-bond acceptors (Lipinski definition) is 4. The van der Waals surface area contributed by atoms with Crippen molar-refractivity contribution in [1.29, 1.82) is 0 Å². The molecule has 2 N–H and O–H groups in total. The largest absolute Gasteiger partial charge is 0.480 e.